The van der Waals surface area contributed by atoms with Crippen molar-refractivity contribution in [3.05, 3.63) is 40.8 Å². The van der Waals surface area contributed by atoms with Crippen molar-refractivity contribution in [3.63, 3.8) is 0 Å². The Morgan fingerprint density at radius 3 is 2.70 bits per heavy atom. The maximum absolute atomic E-state index is 12.3. The largest absolute Gasteiger partial charge is 0.394 e. The molecule has 0 saturated heterocycles. The van der Waals surface area contributed by atoms with E-state index in [4.69, 9.17) is 0 Å². The van der Waals surface area contributed by atoms with E-state index in [0.29, 0.717) is 10.8 Å². The fraction of sp³-hybridized carbons (Fsp3) is 0.400. The van der Waals surface area contributed by atoms with Crippen LogP contribution in [0.15, 0.2) is 36.0 Å². The summed E-state index contributed by atoms with van der Waals surface area (Å²) in [4.78, 5) is 13.0. The van der Waals surface area contributed by atoms with E-state index in [1.807, 2.05) is 40.5 Å². The molecule has 20 heavy (non-hydrogen) atoms. The van der Waals surface area contributed by atoms with Crippen molar-refractivity contribution >= 4 is 17.2 Å². The molecule has 4 nitrogen and oxygen atoms in total. The molecule has 0 bridgehead atoms. The van der Waals surface area contributed by atoms with E-state index in [-0.39, 0.29) is 18.6 Å². The second-order valence-corrected chi connectivity index (χ2v) is 6.12. The van der Waals surface area contributed by atoms with Crippen LogP contribution in [0, 0.1) is 5.92 Å². The maximum Gasteiger partial charge on any atom is 0.263 e. The molecule has 2 N–H and O–H groups in total. The van der Waals surface area contributed by atoms with Gasteiger partial charge in [-0.15, -0.1) is 11.3 Å². The standard InChI is InChI=1S/C15H20N2O2S/c1-11(2)9-12(10-18)16-15(19)14-13(5-8-20-14)17-6-3-4-7-17/h3-8,11-12,18H,9-10H2,1-2H3,(H,16,19). The second-order valence-electron chi connectivity index (χ2n) is 5.21. The molecule has 0 radical (unpaired) electrons. The number of carbonyl (C=O) groups is 1. The van der Waals surface area contributed by atoms with Crippen LogP contribution in [0.25, 0.3) is 5.69 Å². The maximum atomic E-state index is 12.3. The molecule has 0 aliphatic carbocycles. The summed E-state index contributed by atoms with van der Waals surface area (Å²) in [7, 11) is 0. The number of carbonyl (C=O) groups excluding carboxylic acids is 1. The molecule has 1 unspecified atom stereocenters. The van der Waals surface area contributed by atoms with Gasteiger partial charge in [0.15, 0.2) is 0 Å². The van der Waals surface area contributed by atoms with Crippen LogP contribution < -0.4 is 5.32 Å². The Bertz CT molecular complexity index is 546. The number of thiophene rings is 1. The van der Waals surface area contributed by atoms with E-state index in [9.17, 15) is 9.90 Å². The summed E-state index contributed by atoms with van der Waals surface area (Å²) in [5.74, 6) is 0.308. The van der Waals surface area contributed by atoms with Gasteiger partial charge in [0.25, 0.3) is 5.91 Å². The van der Waals surface area contributed by atoms with Gasteiger partial charge < -0.3 is 15.0 Å². The van der Waals surface area contributed by atoms with Crippen molar-refractivity contribution in [2.75, 3.05) is 6.61 Å². The van der Waals surface area contributed by atoms with Crippen LogP contribution in [0.5, 0.6) is 0 Å². The molecule has 0 saturated carbocycles. The van der Waals surface area contributed by atoms with Crippen molar-refractivity contribution in [2.45, 2.75) is 26.3 Å². The topological polar surface area (TPSA) is 54.3 Å². The van der Waals surface area contributed by atoms with Crippen molar-refractivity contribution in [1.82, 2.24) is 9.88 Å². The Hall–Kier alpha value is -1.59. The van der Waals surface area contributed by atoms with Gasteiger partial charge in [-0.25, -0.2) is 0 Å². The van der Waals surface area contributed by atoms with Crippen molar-refractivity contribution in [2.24, 2.45) is 5.92 Å². The van der Waals surface area contributed by atoms with Gasteiger partial charge in [-0.1, -0.05) is 13.8 Å². The molecule has 0 aliphatic heterocycles. The molecular weight excluding hydrogens is 272 g/mol. The zero-order chi connectivity index (χ0) is 14.5. The highest BCUT2D eigenvalue weighted by molar-refractivity contribution is 7.12. The summed E-state index contributed by atoms with van der Waals surface area (Å²) in [5.41, 5.74) is 0.874. The van der Waals surface area contributed by atoms with Crippen LogP contribution >= 0.6 is 11.3 Å². The van der Waals surface area contributed by atoms with Crippen LogP contribution in [0.3, 0.4) is 0 Å². The van der Waals surface area contributed by atoms with E-state index in [0.717, 1.165) is 12.1 Å². The number of aliphatic hydroxyl groups is 1. The third-order valence-electron chi connectivity index (χ3n) is 3.04. The molecule has 0 aromatic carbocycles. The van der Waals surface area contributed by atoms with Crippen LogP contribution in [-0.4, -0.2) is 28.2 Å². The summed E-state index contributed by atoms with van der Waals surface area (Å²) in [6, 6.07) is 5.58. The number of rotatable bonds is 6. The first kappa shape index (κ1) is 14.8. The Kier molecular flexibility index (Phi) is 4.98. The summed E-state index contributed by atoms with van der Waals surface area (Å²) >= 11 is 1.41. The van der Waals surface area contributed by atoms with Gasteiger partial charge in [-0.05, 0) is 35.9 Å². The fourth-order valence-electron chi connectivity index (χ4n) is 2.17. The fourth-order valence-corrected chi connectivity index (χ4v) is 2.96. The van der Waals surface area contributed by atoms with Crippen LogP contribution in [0.1, 0.15) is 29.9 Å². The van der Waals surface area contributed by atoms with Gasteiger partial charge >= 0.3 is 0 Å². The number of aliphatic hydroxyl groups excluding tert-OH is 1. The van der Waals surface area contributed by atoms with E-state index in [1.165, 1.54) is 11.3 Å². The lowest BCUT2D eigenvalue weighted by molar-refractivity contribution is 0.0912. The zero-order valence-corrected chi connectivity index (χ0v) is 12.6. The Balaban J connectivity index is 2.12. The minimum absolute atomic E-state index is 0.0336. The van der Waals surface area contributed by atoms with Gasteiger partial charge in [0.05, 0.1) is 18.3 Å². The third-order valence-corrected chi connectivity index (χ3v) is 3.95. The average Bonchev–Trinajstić information content (AvgIpc) is 3.07. The predicted octanol–water partition coefficient (Wildman–Crippen LogP) is 2.68. The Morgan fingerprint density at radius 1 is 1.40 bits per heavy atom. The minimum atomic E-state index is -0.192. The van der Waals surface area contributed by atoms with Gasteiger partial charge in [0, 0.05) is 12.4 Å². The molecule has 2 aromatic rings. The first-order chi connectivity index (χ1) is 9.61. The van der Waals surface area contributed by atoms with Crippen LogP contribution in [0.4, 0.5) is 0 Å². The van der Waals surface area contributed by atoms with Gasteiger partial charge in [0.2, 0.25) is 0 Å². The molecule has 2 aromatic heterocycles. The number of aromatic nitrogens is 1. The second kappa shape index (κ2) is 6.72. The normalized spacial score (nSPS) is 12.6. The van der Waals surface area contributed by atoms with Crippen molar-refractivity contribution in [1.29, 1.82) is 0 Å². The molecular formula is C15H20N2O2S. The SMILES string of the molecule is CC(C)CC(CO)NC(=O)c1sccc1-n1cccc1. The van der Waals surface area contributed by atoms with Crippen LogP contribution in [-0.2, 0) is 0 Å². The van der Waals surface area contributed by atoms with Crippen LogP contribution in [0.2, 0.25) is 0 Å². The van der Waals surface area contributed by atoms with E-state index < -0.39 is 0 Å². The summed E-state index contributed by atoms with van der Waals surface area (Å²) in [6.45, 7) is 4.12. The molecule has 1 amide bonds. The van der Waals surface area contributed by atoms with Crippen molar-refractivity contribution < 1.29 is 9.90 Å². The highest BCUT2D eigenvalue weighted by Gasteiger charge is 2.18. The molecule has 2 rings (SSSR count). The first-order valence-corrected chi connectivity index (χ1v) is 7.62. The predicted molar refractivity (Wildman–Crippen MR) is 81.4 cm³/mol. The average molecular weight is 292 g/mol. The monoisotopic (exact) mass is 292 g/mol. The van der Waals surface area contributed by atoms with E-state index >= 15 is 0 Å². The van der Waals surface area contributed by atoms with E-state index in [1.54, 1.807) is 0 Å². The van der Waals surface area contributed by atoms with Crippen molar-refractivity contribution in [3.8, 4) is 5.69 Å². The highest BCUT2D eigenvalue weighted by atomic mass is 32.1. The lowest BCUT2D eigenvalue weighted by atomic mass is 10.0. The smallest absolute Gasteiger partial charge is 0.263 e. The molecule has 0 fully saturated rings. The van der Waals surface area contributed by atoms with Gasteiger partial charge in [0.1, 0.15) is 4.88 Å². The summed E-state index contributed by atoms with van der Waals surface area (Å²) in [6.07, 6.45) is 4.60. The number of nitrogens with one attached hydrogen (secondary N) is 1. The number of hydrogen-bond acceptors (Lipinski definition) is 3. The number of amides is 1. The summed E-state index contributed by atoms with van der Waals surface area (Å²) in [5, 5.41) is 14.2. The molecule has 108 valence electrons. The lowest BCUT2D eigenvalue weighted by Crippen LogP contribution is -2.38. The Morgan fingerprint density at radius 2 is 2.10 bits per heavy atom. The Labute approximate surface area is 123 Å². The zero-order valence-electron chi connectivity index (χ0n) is 11.7. The molecule has 1 atom stereocenters. The number of hydrogen-bond donors (Lipinski definition) is 2. The third kappa shape index (κ3) is 3.49. The van der Waals surface area contributed by atoms with Gasteiger partial charge in [-0.3, -0.25) is 4.79 Å². The van der Waals surface area contributed by atoms with Gasteiger partial charge in [-0.2, -0.15) is 0 Å². The molecule has 0 spiro atoms. The number of nitrogens with zero attached hydrogens (tertiary/aromatic N) is 1. The summed E-state index contributed by atoms with van der Waals surface area (Å²) < 4.78 is 1.92. The quantitative estimate of drug-likeness (QED) is 0.860. The molecule has 2 heterocycles. The minimum Gasteiger partial charge on any atom is -0.394 e. The highest BCUT2D eigenvalue weighted by Crippen LogP contribution is 2.21. The molecule has 0 aliphatic rings. The molecule has 5 heteroatoms. The first-order valence-electron chi connectivity index (χ1n) is 6.74. The lowest BCUT2D eigenvalue weighted by Gasteiger charge is -2.18. The van der Waals surface area contributed by atoms with E-state index in [2.05, 4.69) is 19.2 Å².